The van der Waals surface area contributed by atoms with Crippen LogP contribution in [0.2, 0.25) is 10.0 Å². The van der Waals surface area contributed by atoms with E-state index in [1.807, 2.05) is 24.3 Å². The van der Waals surface area contributed by atoms with Gasteiger partial charge in [0.2, 0.25) is 11.8 Å². The second-order valence-corrected chi connectivity index (χ2v) is 9.39. The van der Waals surface area contributed by atoms with E-state index in [9.17, 15) is 9.59 Å². The fourth-order valence-electron chi connectivity index (χ4n) is 4.20. The number of amides is 2. The second kappa shape index (κ2) is 12.5. The quantitative estimate of drug-likeness (QED) is 0.351. The van der Waals surface area contributed by atoms with Crippen LogP contribution in [0.4, 0.5) is 0 Å². The van der Waals surface area contributed by atoms with E-state index in [2.05, 4.69) is 5.32 Å². The van der Waals surface area contributed by atoms with Crippen LogP contribution in [0.1, 0.15) is 55.7 Å². The van der Waals surface area contributed by atoms with Crippen molar-refractivity contribution in [3.05, 3.63) is 69.7 Å². The Morgan fingerprint density at radius 2 is 1.47 bits per heavy atom. The van der Waals surface area contributed by atoms with Crippen LogP contribution in [-0.2, 0) is 16.0 Å². The predicted molar refractivity (Wildman–Crippen MR) is 131 cm³/mol. The molecule has 1 saturated carbocycles. The Balaban J connectivity index is 1.85. The largest absolute Gasteiger partial charge is 0.351 e. The van der Waals surface area contributed by atoms with Crippen molar-refractivity contribution in [2.45, 2.75) is 57.0 Å². The summed E-state index contributed by atoms with van der Waals surface area (Å²) in [5.74, 6) is -0.646. The van der Waals surface area contributed by atoms with E-state index >= 15 is 0 Å². The Morgan fingerprint density at radius 1 is 0.906 bits per heavy atom. The third-order valence-corrected chi connectivity index (χ3v) is 6.67. The number of rotatable bonds is 8. The van der Waals surface area contributed by atoms with E-state index in [1.54, 1.807) is 29.2 Å². The predicted octanol–water partition coefficient (Wildman–Crippen LogP) is 6.18. The normalized spacial score (nSPS) is 15.6. The fourth-order valence-corrected chi connectivity index (χ4v) is 4.60. The van der Waals surface area contributed by atoms with Crippen LogP contribution in [0.5, 0.6) is 0 Å². The molecule has 0 radical (unpaired) electrons. The maximum Gasteiger partial charge on any atom is 0.247 e. The van der Waals surface area contributed by atoms with Gasteiger partial charge in [-0.1, -0.05) is 73.2 Å². The highest BCUT2D eigenvalue weighted by molar-refractivity contribution is 6.30. The van der Waals surface area contributed by atoms with E-state index in [0.717, 1.165) is 36.8 Å². The van der Waals surface area contributed by atoms with Gasteiger partial charge in [-0.3, -0.25) is 9.59 Å². The van der Waals surface area contributed by atoms with Crippen molar-refractivity contribution in [2.75, 3.05) is 12.4 Å². The Morgan fingerprint density at radius 3 is 2.03 bits per heavy atom. The summed E-state index contributed by atoms with van der Waals surface area (Å²) >= 11 is 18.0. The lowest BCUT2D eigenvalue weighted by Crippen LogP contribution is -2.47. The number of benzene rings is 2. The van der Waals surface area contributed by atoms with Gasteiger partial charge in [-0.05, 0) is 54.7 Å². The molecule has 4 nitrogen and oxygen atoms in total. The van der Waals surface area contributed by atoms with Gasteiger partial charge in [-0.2, -0.15) is 0 Å². The first kappa shape index (κ1) is 24.9. The SMILES string of the molecule is O=C(NC1CCCCCC1)[C@H](c1ccc(Cl)cc1)N(CCc1ccc(Cl)cc1)C(=O)CCl. The topological polar surface area (TPSA) is 49.4 Å². The van der Waals surface area contributed by atoms with Gasteiger partial charge in [0, 0.05) is 22.6 Å². The zero-order valence-corrected chi connectivity index (χ0v) is 20.3. The molecule has 7 heteroatoms. The van der Waals surface area contributed by atoms with E-state index in [0.29, 0.717) is 23.0 Å². The summed E-state index contributed by atoms with van der Waals surface area (Å²) in [4.78, 5) is 28.0. The van der Waals surface area contributed by atoms with Crippen LogP contribution < -0.4 is 5.32 Å². The van der Waals surface area contributed by atoms with Crippen molar-refractivity contribution in [2.24, 2.45) is 0 Å². The molecule has 2 aromatic carbocycles. The summed E-state index contributed by atoms with van der Waals surface area (Å²) < 4.78 is 0. The number of carbonyl (C=O) groups is 2. The van der Waals surface area contributed by atoms with Crippen molar-refractivity contribution in [1.29, 1.82) is 0 Å². The number of nitrogens with zero attached hydrogens (tertiary/aromatic N) is 1. The van der Waals surface area contributed by atoms with Crippen molar-refractivity contribution in [3.8, 4) is 0 Å². The molecule has 2 aromatic rings. The molecule has 3 rings (SSSR count). The Hall–Kier alpha value is -1.75. The lowest BCUT2D eigenvalue weighted by atomic mass is 10.0. The minimum absolute atomic E-state index is 0.129. The molecule has 0 aromatic heterocycles. The fraction of sp³-hybridized carbons (Fsp3) is 0.440. The van der Waals surface area contributed by atoms with Gasteiger partial charge in [-0.25, -0.2) is 0 Å². The van der Waals surface area contributed by atoms with Gasteiger partial charge >= 0.3 is 0 Å². The highest BCUT2D eigenvalue weighted by atomic mass is 35.5. The first-order chi connectivity index (χ1) is 15.5. The van der Waals surface area contributed by atoms with E-state index < -0.39 is 6.04 Å². The summed E-state index contributed by atoms with van der Waals surface area (Å²) in [5.41, 5.74) is 1.75. The van der Waals surface area contributed by atoms with Gasteiger partial charge in [0.25, 0.3) is 0 Å². The highest BCUT2D eigenvalue weighted by Gasteiger charge is 2.32. The third kappa shape index (κ3) is 7.13. The monoisotopic (exact) mass is 494 g/mol. The van der Waals surface area contributed by atoms with Crippen LogP contribution in [0.15, 0.2) is 48.5 Å². The van der Waals surface area contributed by atoms with Crippen molar-refractivity contribution >= 4 is 46.6 Å². The minimum atomic E-state index is -0.769. The molecule has 32 heavy (non-hydrogen) atoms. The first-order valence-corrected chi connectivity index (χ1v) is 12.4. The van der Waals surface area contributed by atoms with Gasteiger partial charge in [-0.15, -0.1) is 11.6 Å². The van der Waals surface area contributed by atoms with Crippen molar-refractivity contribution < 1.29 is 9.59 Å². The molecule has 172 valence electrons. The van der Waals surface area contributed by atoms with Crippen LogP contribution >= 0.6 is 34.8 Å². The summed E-state index contributed by atoms with van der Waals surface area (Å²) in [5, 5.41) is 4.44. The average Bonchev–Trinajstić information content (AvgIpc) is 3.06. The summed E-state index contributed by atoms with van der Waals surface area (Å²) in [7, 11) is 0. The van der Waals surface area contributed by atoms with Gasteiger partial charge in [0.05, 0.1) is 0 Å². The average molecular weight is 496 g/mol. The molecule has 0 aliphatic heterocycles. The summed E-state index contributed by atoms with van der Waals surface area (Å²) in [6.45, 7) is 0.360. The molecule has 1 aliphatic rings. The third-order valence-electron chi connectivity index (χ3n) is 5.94. The lowest BCUT2D eigenvalue weighted by Gasteiger charge is -2.32. The molecule has 1 fully saturated rings. The standard InChI is InChI=1S/C25H29Cl3N2O2/c26-17-23(31)30(16-15-18-7-11-20(27)12-8-18)24(19-9-13-21(28)14-10-19)25(32)29-22-5-3-1-2-4-6-22/h7-14,22,24H,1-6,15-17H2,(H,29,32)/t24-/m0/s1. The molecule has 0 saturated heterocycles. The van der Waals surface area contributed by atoms with Crippen molar-refractivity contribution in [1.82, 2.24) is 10.2 Å². The molecule has 1 aliphatic carbocycles. The smallest absolute Gasteiger partial charge is 0.247 e. The molecule has 0 unspecified atom stereocenters. The maximum absolute atomic E-state index is 13.5. The Labute approximate surface area is 205 Å². The first-order valence-electron chi connectivity index (χ1n) is 11.1. The lowest BCUT2D eigenvalue weighted by molar-refractivity contribution is -0.139. The second-order valence-electron chi connectivity index (χ2n) is 8.25. The number of hydrogen-bond acceptors (Lipinski definition) is 2. The van der Waals surface area contributed by atoms with Gasteiger partial charge in [0.15, 0.2) is 0 Å². The van der Waals surface area contributed by atoms with Gasteiger partial charge in [0.1, 0.15) is 11.9 Å². The van der Waals surface area contributed by atoms with Crippen LogP contribution in [0.3, 0.4) is 0 Å². The van der Waals surface area contributed by atoms with E-state index in [1.165, 1.54) is 12.8 Å². The minimum Gasteiger partial charge on any atom is -0.351 e. The summed E-state index contributed by atoms with van der Waals surface area (Å²) in [6.07, 6.45) is 7.13. The van der Waals surface area contributed by atoms with E-state index in [4.69, 9.17) is 34.8 Å². The molecular weight excluding hydrogens is 467 g/mol. The van der Waals surface area contributed by atoms with E-state index in [-0.39, 0.29) is 23.7 Å². The number of hydrogen-bond donors (Lipinski definition) is 1. The number of halogens is 3. The molecular formula is C25H29Cl3N2O2. The maximum atomic E-state index is 13.5. The highest BCUT2D eigenvalue weighted by Crippen LogP contribution is 2.26. The van der Waals surface area contributed by atoms with Crippen LogP contribution in [0, 0.1) is 0 Å². The van der Waals surface area contributed by atoms with Crippen LogP contribution in [0.25, 0.3) is 0 Å². The molecule has 0 spiro atoms. The molecule has 0 bridgehead atoms. The number of carbonyl (C=O) groups excluding carboxylic acids is 2. The number of nitrogens with one attached hydrogen (secondary N) is 1. The molecule has 0 heterocycles. The Bertz CT molecular complexity index is 879. The van der Waals surface area contributed by atoms with Crippen molar-refractivity contribution in [3.63, 3.8) is 0 Å². The Kier molecular flexibility index (Phi) is 9.70. The molecule has 1 N–H and O–H groups in total. The zero-order valence-electron chi connectivity index (χ0n) is 18.0. The van der Waals surface area contributed by atoms with Gasteiger partial charge < -0.3 is 10.2 Å². The van der Waals surface area contributed by atoms with Crippen LogP contribution in [-0.4, -0.2) is 35.2 Å². The molecule has 2 amide bonds. The number of alkyl halides is 1. The zero-order chi connectivity index (χ0) is 22.9. The summed E-state index contributed by atoms with van der Waals surface area (Å²) in [6, 6.07) is 13.9. The molecule has 1 atom stereocenters.